The monoisotopic (exact) mass is 578 g/mol. The number of carbonyl (C=O) groups is 1. The lowest BCUT2D eigenvalue weighted by Crippen LogP contribution is -2.55. The average molecular weight is 579 g/mol. The Bertz CT molecular complexity index is 1230. The number of fused-ring (bicyclic) bond motifs is 4. The Kier molecular flexibility index (Phi) is 7.52. The molecule has 4 aliphatic carbocycles. The van der Waals surface area contributed by atoms with Crippen molar-refractivity contribution in [3.05, 3.63) is 58.7 Å². The van der Waals surface area contributed by atoms with Crippen LogP contribution in [-0.4, -0.2) is 66.2 Å². The van der Waals surface area contributed by atoms with Crippen molar-refractivity contribution in [1.82, 2.24) is 0 Å². The first kappa shape index (κ1) is 28.9. The number of aliphatic hydroxyl groups is 2. The van der Waals surface area contributed by atoms with Gasteiger partial charge in [-0.3, -0.25) is 4.79 Å². The summed E-state index contributed by atoms with van der Waals surface area (Å²) in [4.78, 5) is 11.5. The maximum Gasteiger partial charge on any atom is 0.171 e. The van der Waals surface area contributed by atoms with E-state index in [1.807, 2.05) is 24.3 Å². The highest BCUT2D eigenvalue weighted by Crippen LogP contribution is 2.68. The SMILES string of the molecule is C[C@]12C[C@H](c3ccc(C=O)cc3)C3=C4CCC5(C[C@]4(O)CC[C@H]3[C@@H]1CC[C@@]2(O)/C=C\COC1CCCCO1)OCCO5. The van der Waals surface area contributed by atoms with E-state index in [-0.39, 0.29) is 17.6 Å². The minimum Gasteiger partial charge on any atom is -0.385 e. The molecular formula is C35H46O7. The standard InChI is InChI=1S/C35H46O7/c1-32-21-27(25-8-6-24(22-36)7-9-25)31-26(10-14-33(37)23-35(16-12-29(31)33)41-19-20-42-35)28(32)11-15-34(32,38)13-4-18-40-30-5-2-3-17-39-30/h4,6-9,13,22,26-28,30,37-38H,2-3,5,10-12,14-21,23H2,1H3/b13-4-/t26-,27+,28-,30?,32-,33+,34-/m0/s1. The summed E-state index contributed by atoms with van der Waals surface area (Å²) in [6.45, 7) is 4.64. The van der Waals surface area contributed by atoms with Crippen LogP contribution in [0.1, 0.15) is 99.4 Å². The quantitative estimate of drug-likeness (QED) is 0.335. The van der Waals surface area contributed by atoms with Crippen molar-refractivity contribution in [2.24, 2.45) is 17.3 Å². The van der Waals surface area contributed by atoms with E-state index in [0.29, 0.717) is 50.1 Å². The lowest BCUT2D eigenvalue weighted by Gasteiger charge is -2.57. The van der Waals surface area contributed by atoms with Crippen LogP contribution in [-0.2, 0) is 18.9 Å². The first-order chi connectivity index (χ1) is 20.3. The Labute approximate surface area is 249 Å². The molecule has 2 aliphatic heterocycles. The molecule has 2 saturated heterocycles. The summed E-state index contributed by atoms with van der Waals surface area (Å²) < 4.78 is 23.8. The smallest absolute Gasteiger partial charge is 0.171 e. The highest BCUT2D eigenvalue weighted by atomic mass is 16.7. The zero-order chi connectivity index (χ0) is 29.0. The van der Waals surface area contributed by atoms with Crippen LogP contribution in [0.25, 0.3) is 0 Å². The molecule has 1 aromatic carbocycles. The minimum atomic E-state index is -0.943. The summed E-state index contributed by atoms with van der Waals surface area (Å²) in [6, 6.07) is 7.94. The normalized spacial score (nSPS) is 41.1. The first-order valence-corrected chi connectivity index (χ1v) is 16.2. The molecule has 0 bridgehead atoms. The molecule has 5 fully saturated rings. The molecule has 3 saturated carbocycles. The molecule has 228 valence electrons. The van der Waals surface area contributed by atoms with Crippen molar-refractivity contribution < 1.29 is 34.0 Å². The third-order valence-electron chi connectivity index (χ3n) is 11.8. The van der Waals surface area contributed by atoms with Gasteiger partial charge in [0.25, 0.3) is 0 Å². The molecule has 1 aromatic rings. The van der Waals surface area contributed by atoms with Gasteiger partial charge in [0.05, 0.1) is 31.0 Å². The number of aldehydes is 1. The molecule has 0 radical (unpaired) electrons. The summed E-state index contributed by atoms with van der Waals surface area (Å²) >= 11 is 0. The van der Waals surface area contributed by atoms with Crippen LogP contribution >= 0.6 is 0 Å². The molecule has 0 amide bonds. The Morgan fingerprint density at radius 2 is 1.81 bits per heavy atom. The number of benzene rings is 1. The van der Waals surface area contributed by atoms with Gasteiger partial charge >= 0.3 is 0 Å². The summed E-state index contributed by atoms with van der Waals surface area (Å²) in [5, 5.41) is 24.5. The van der Waals surface area contributed by atoms with Crippen molar-refractivity contribution >= 4 is 6.29 Å². The van der Waals surface area contributed by atoms with E-state index in [1.165, 1.54) is 11.1 Å². The van der Waals surface area contributed by atoms with Gasteiger partial charge in [-0.25, -0.2) is 0 Å². The van der Waals surface area contributed by atoms with Gasteiger partial charge in [0.2, 0.25) is 0 Å². The molecule has 6 aliphatic rings. The topological polar surface area (TPSA) is 94.5 Å². The fourth-order valence-electron chi connectivity index (χ4n) is 9.68. The number of hydrogen-bond donors (Lipinski definition) is 2. The van der Waals surface area contributed by atoms with Crippen LogP contribution < -0.4 is 0 Å². The second-order valence-corrected chi connectivity index (χ2v) is 14.0. The van der Waals surface area contributed by atoms with E-state index in [0.717, 1.165) is 76.2 Å². The van der Waals surface area contributed by atoms with Crippen LogP contribution in [0.4, 0.5) is 0 Å². The Hall–Kier alpha value is -1.87. The van der Waals surface area contributed by atoms with Crippen LogP contribution in [0, 0.1) is 17.3 Å². The van der Waals surface area contributed by atoms with E-state index < -0.39 is 17.0 Å². The predicted molar refractivity (Wildman–Crippen MR) is 157 cm³/mol. The van der Waals surface area contributed by atoms with Crippen molar-refractivity contribution in [3.8, 4) is 0 Å². The lowest BCUT2D eigenvalue weighted by molar-refractivity contribution is -0.208. The first-order valence-electron chi connectivity index (χ1n) is 16.2. The molecular weight excluding hydrogens is 532 g/mol. The zero-order valence-corrected chi connectivity index (χ0v) is 24.9. The highest BCUT2D eigenvalue weighted by molar-refractivity contribution is 5.74. The fourth-order valence-corrected chi connectivity index (χ4v) is 9.68. The minimum absolute atomic E-state index is 0.0585. The molecule has 2 N–H and O–H groups in total. The van der Waals surface area contributed by atoms with E-state index in [4.69, 9.17) is 18.9 Å². The van der Waals surface area contributed by atoms with Gasteiger partial charge in [0.1, 0.15) is 6.29 Å². The Balaban J connectivity index is 1.22. The van der Waals surface area contributed by atoms with Gasteiger partial charge in [0, 0.05) is 36.3 Å². The molecule has 7 atom stereocenters. The summed E-state index contributed by atoms with van der Waals surface area (Å²) in [6.07, 6.45) is 13.9. The predicted octanol–water partition coefficient (Wildman–Crippen LogP) is 5.60. The van der Waals surface area contributed by atoms with E-state index in [9.17, 15) is 15.0 Å². The van der Waals surface area contributed by atoms with Gasteiger partial charge < -0.3 is 29.2 Å². The molecule has 1 spiro atoms. The molecule has 42 heavy (non-hydrogen) atoms. The van der Waals surface area contributed by atoms with Crippen molar-refractivity contribution in [2.75, 3.05) is 26.4 Å². The van der Waals surface area contributed by atoms with Gasteiger partial charge in [-0.1, -0.05) is 48.9 Å². The molecule has 7 heteroatoms. The lowest BCUT2D eigenvalue weighted by atomic mass is 9.49. The van der Waals surface area contributed by atoms with Crippen LogP contribution in [0.3, 0.4) is 0 Å². The highest BCUT2D eigenvalue weighted by Gasteiger charge is 2.64. The maximum absolute atomic E-state index is 12.3. The second-order valence-electron chi connectivity index (χ2n) is 14.0. The summed E-state index contributed by atoms with van der Waals surface area (Å²) in [7, 11) is 0. The number of rotatable bonds is 6. The van der Waals surface area contributed by atoms with E-state index in [2.05, 4.69) is 19.1 Å². The van der Waals surface area contributed by atoms with Crippen molar-refractivity contribution in [3.63, 3.8) is 0 Å². The van der Waals surface area contributed by atoms with Crippen molar-refractivity contribution in [2.45, 2.75) is 107 Å². The van der Waals surface area contributed by atoms with Crippen molar-refractivity contribution in [1.29, 1.82) is 0 Å². The van der Waals surface area contributed by atoms with Gasteiger partial charge in [-0.15, -0.1) is 0 Å². The molecule has 7 rings (SSSR count). The Morgan fingerprint density at radius 3 is 2.55 bits per heavy atom. The van der Waals surface area contributed by atoms with Crippen LogP contribution in [0.15, 0.2) is 47.6 Å². The third-order valence-corrected chi connectivity index (χ3v) is 11.8. The van der Waals surface area contributed by atoms with Crippen LogP contribution in [0.5, 0.6) is 0 Å². The molecule has 2 heterocycles. The van der Waals surface area contributed by atoms with Gasteiger partial charge in [-0.2, -0.15) is 0 Å². The zero-order valence-electron chi connectivity index (χ0n) is 24.9. The number of allylic oxidation sites excluding steroid dienone is 1. The van der Waals surface area contributed by atoms with Crippen LogP contribution in [0.2, 0.25) is 0 Å². The van der Waals surface area contributed by atoms with E-state index in [1.54, 1.807) is 0 Å². The second kappa shape index (κ2) is 10.9. The van der Waals surface area contributed by atoms with Gasteiger partial charge in [-0.05, 0) is 80.8 Å². The van der Waals surface area contributed by atoms with E-state index >= 15 is 0 Å². The fraction of sp³-hybridized carbons (Fsp3) is 0.686. The largest absolute Gasteiger partial charge is 0.385 e. The number of hydrogen-bond acceptors (Lipinski definition) is 7. The van der Waals surface area contributed by atoms with Gasteiger partial charge in [0.15, 0.2) is 12.1 Å². The number of ether oxygens (including phenoxy) is 4. The molecule has 0 aromatic heterocycles. The average Bonchev–Trinajstić information content (AvgIpc) is 3.56. The summed E-state index contributed by atoms with van der Waals surface area (Å²) in [5.41, 5.74) is 2.16. The summed E-state index contributed by atoms with van der Waals surface area (Å²) in [5.74, 6) is 0.00729. The number of carbonyl (C=O) groups excluding carboxylic acids is 1. The maximum atomic E-state index is 12.3. The molecule has 1 unspecified atom stereocenters. The Morgan fingerprint density at radius 1 is 1.00 bits per heavy atom. The molecule has 7 nitrogen and oxygen atoms in total. The third kappa shape index (κ3) is 4.76.